The Hall–Kier alpha value is -15.6. The van der Waals surface area contributed by atoms with Gasteiger partial charge in [0, 0.05) is 136 Å². The van der Waals surface area contributed by atoms with Crippen molar-refractivity contribution in [3.63, 3.8) is 0 Å². The van der Waals surface area contributed by atoms with E-state index in [4.69, 9.17) is 0 Å². The van der Waals surface area contributed by atoms with Crippen molar-refractivity contribution in [1.29, 1.82) is 0 Å². The van der Waals surface area contributed by atoms with Gasteiger partial charge in [-0.1, -0.05) is 202 Å². The van der Waals surface area contributed by atoms with Gasteiger partial charge in [-0.05, 0) is 341 Å². The molecule has 0 spiro atoms. The molecule has 588 valence electrons. The van der Waals surface area contributed by atoms with Crippen LogP contribution in [0.2, 0.25) is 0 Å². The zero-order valence-corrected chi connectivity index (χ0v) is 67.8. The minimum atomic E-state index is 0. The summed E-state index contributed by atoms with van der Waals surface area (Å²) in [5.74, 6) is 0. The van der Waals surface area contributed by atoms with Gasteiger partial charge >= 0.3 is 0 Å². The Labute approximate surface area is 713 Å². The third kappa shape index (κ3) is 18.3. The highest BCUT2D eigenvalue weighted by Gasteiger charge is 2.24. The summed E-state index contributed by atoms with van der Waals surface area (Å²) in [5, 5.41) is 0. The van der Waals surface area contributed by atoms with Crippen LogP contribution in [0, 0.1) is 27.7 Å². The Balaban J connectivity index is 0.000000178. The molecule has 18 aromatic rings. The van der Waals surface area contributed by atoms with Gasteiger partial charge in [0.05, 0.1) is 0 Å². The lowest BCUT2D eigenvalue weighted by Gasteiger charge is -2.30. The molecule has 0 aromatic heterocycles. The zero-order chi connectivity index (χ0) is 81.4. The Bertz CT molecular complexity index is 5770. The van der Waals surface area contributed by atoms with Gasteiger partial charge in [0.1, 0.15) is 0 Å². The molecule has 18 aromatic carbocycles. The third-order valence-corrected chi connectivity index (χ3v) is 21.4. The lowest BCUT2D eigenvalue weighted by atomic mass is 10.1. The van der Waals surface area contributed by atoms with E-state index in [-0.39, 0.29) is 7.43 Å². The van der Waals surface area contributed by atoms with Crippen molar-refractivity contribution in [1.82, 2.24) is 0 Å². The molecule has 0 heterocycles. The number of hydrogen-bond acceptors (Lipinski definition) is 8. The molecular weight excluding hydrogens is 1470 g/mol. The minimum absolute atomic E-state index is 0. The van der Waals surface area contributed by atoms with Gasteiger partial charge in [-0.2, -0.15) is 0 Å². The van der Waals surface area contributed by atoms with E-state index in [1.54, 1.807) is 0 Å². The number of para-hydroxylation sites is 8. The Morgan fingerprint density at radius 1 is 0.0992 bits per heavy atom. The van der Waals surface area contributed by atoms with Gasteiger partial charge in [-0.15, -0.1) is 0 Å². The van der Waals surface area contributed by atoms with Crippen LogP contribution >= 0.6 is 0 Å². The van der Waals surface area contributed by atoms with E-state index in [0.29, 0.717) is 0 Å². The van der Waals surface area contributed by atoms with Crippen LogP contribution in [0.5, 0.6) is 0 Å². The maximum atomic E-state index is 2.34. The predicted octanol–water partition coefficient (Wildman–Crippen LogP) is 33.0. The van der Waals surface area contributed by atoms with Crippen LogP contribution < -0.4 is 39.2 Å². The molecule has 0 aliphatic heterocycles. The standard InChI is InChI=1S/C57H48N4.C55H44N4.CH4/c1-43-16-13-25-55(40-43)59(46-19-7-4-8-20-46)52-34-28-49(29-35-52)58(50-30-36-53(37-31-50)60(47-21-9-5-10-22-47)56-26-14-17-44(2)41-56)51-32-38-54(39-33-51)61(48-23-11-6-12-24-48)57-27-15-18-45(3)42-57;1-43-18-17-29-55(42-43)59(48-27-15-6-16-28-48)54-40-38-53(39-41-54)58(51-34-30-49(31-35-51)56(44-19-7-2-8-20-44)45-21-9-3-10-22-45)52-36-32-50(33-37-52)57(46-23-11-4-12-24-46)47-25-13-5-14-26-47;/h4-42H,1-3H3;2-42H,1H3;1H4. The van der Waals surface area contributed by atoms with Crippen LogP contribution in [-0.2, 0) is 0 Å². The molecule has 0 aliphatic carbocycles. The molecule has 0 saturated heterocycles. The molecule has 0 unspecified atom stereocenters. The zero-order valence-electron chi connectivity index (χ0n) is 67.8. The van der Waals surface area contributed by atoms with Crippen molar-refractivity contribution in [2.24, 2.45) is 0 Å². The van der Waals surface area contributed by atoms with E-state index in [9.17, 15) is 0 Å². The second-order valence-corrected chi connectivity index (χ2v) is 29.8. The van der Waals surface area contributed by atoms with Crippen LogP contribution in [0.15, 0.2) is 485 Å². The van der Waals surface area contributed by atoms with Gasteiger partial charge in [0.15, 0.2) is 0 Å². The maximum absolute atomic E-state index is 2.34. The normalized spacial score (nSPS) is 10.7. The van der Waals surface area contributed by atoms with Crippen molar-refractivity contribution in [3.8, 4) is 0 Å². The average molecular weight is 1570 g/mol. The number of hydrogen-bond donors (Lipinski definition) is 0. The van der Waals surface area contributed by atoms with Crippen molar-refractivity contribution < 1.29 is 0 Å². The second-order valence-electron chi connectivity index (χ2n) is 29.8. The number of anilines is 24. The molecule has 18 rings (SSSR count). The fraction of sp³-hybridized carbons (Fsp3) is 0.0442. The summed E-state index contributed by atoms with van der Waals surface area (Å²) in [6.07, 6.45) is 0. The van der Waals surface area contributed by atoms with Crippen LogP contribution in [-0.4, -0.2) is 0 Å². The summed E-state index contributed by atoms with van der Waals surface area (Å²) < 4.78 is 0. The number of aryl methyl sites for hydroxylation is 4. The molecule has 0 bridgehead atoms. The minimum Gasteiger partial charge on any atom is -0.311 e. The highest BCUT2D eigenvalue weighted by atomic mass is 15.2. The summed E-state index contributed by atoms with van der Waals surface area (Å²) in [6, 6.07) is 173. The van der Waals surface area contributed by atoms with Gasteiger partial charge in [0.2, 0.25) is 0 Å². The predicted molar refractivity (Wildman–Crippen MR) is 516 cm³/mol. The van der Waals surface area contributed by atoms with Crippen molar-refractivity contribution in [3.05, 3.63) is 508 Å². The first-order valence-corrected chi connectivity index (χ1v) is 40.9. The quantitative estimate of drug-likeness (QED) is 0.0591. The topological polar surface area (TPSA) is 25.9 Å². The Morgan fingerprint density at radius 3 is 0.298 bits per heavy atom. The largest absolute Gasteiger partial charge is 0.311 e. The third-order valence-electron chi connectivity index (χ3n) is 21.4. The molecule has 0 radical (unpaired) electrons. The Kier molecular flexibility index (Phi) is 24.6. The summed E-state index contributed by atoms with van der Waals surface area (Å²) in [7, 11) is 0. The fourth-order valence-corrected chi connectivity index (χ4v) is 15.8. The van der Waals surface area contributed by atoms with Crippen molar-refractivity contribution in [2.75, 3.05) is 39.2 Å². The highest BCUT2D eigenvalue weighted by molar-refractivity contribution is 5.89. The van der Waals surface area contributed by atoms with Crippen molar-refractivity contribution in [2.45, 2.75) is 35.1 Å². The van der Waals surface area contributed by atoms with E-state index in [2.05, 4.69) is 552 Å². The molecule has 0 saturated carbocycles. The lowest BCUT2D eigenvalue weighted by molar-refractivity contribution is 1.23. The van der Waals surface area contributed by atoms with Crippen molar-refractivity contribution >= 4 is 136 Å². The molecule has 121 heavy (non-hydrogen) atoms. The monoisotopic (exact) mass is 1560 g/mol. The maximum Gasteiger partial charge on any atom is 0.0464 e. The van der Waals surface area contributed by atoms with E-state index >= 15 is 0 Å². The highest BCUT2D eigenvalue weighted by Crippen LogP contribution is 2.47. The van der Waals surface area contributed by atoms with E-state index in [0.717, 1.165) is 136 Å². The summed E-state index contributed by atoms with van der Waals surface area (Å²) in [6.45, 7) is 8.57. The molecule has 0 N–H and O–H groups in total. The first-order valence-electron chi connectivity index (χ1n) is 40.9. The SMILES string of the molecule is C.Cc1cccc(N(c2ccccc2)c2ccc(N(c3ccc(N(c4ccccc4)c4cccc(C)c4)cc3)c3ccc(N(c4ccccc4)c4cccc(C)c4)cc3)cc2)c1.Cc1cccc(N(c2ccccc2)c2ccc(N(c3ccc(N(c4ccccc4)c4ccccc4)cc3)c3ccc(N(c4ccccc4)c4ccccc4)cc3)cc2)c1. The molecule has 0 amide bonds. The smallest absolute Gasteiger partial charge is 0.0464 e. The first kappa shape index (κ1) is 79.2. The molecule has 8 heteroatoms. The van der Waals surface area contributed by atoms with Gasteiger partial charge in [-0.3, -0.25) is 0 Å². The van der Waals surface area contributed by atoms with Gasteiger partial charge in [-0.25, -0.2) is 0 Å². The van der Waals surface area contributed by atoms with E-state index in [1.165, 1.54) is 22.3 Å². The second kappa shape index (κ2) is 37.5. The van der Waals surface area contributed by atoms with Crippen LogP contribution in [0.1, 0.15) is 29.7 Å². The molecule has 0 fully saturated rings. The summed E-state index contributed by atoms with van der Waals surface area (Å²) in [5.41, 5.74) is 31.0. The first-order chi connectivity index (χ1) is 59.2. The van der Waals surface area contributed by atoms with Gasteiger partial charge in [0.25, 0.3) is 0 Å². The molecular formula is C113H96N8. The Morgan fingerprint density at radius 2 is 0.190 bits per heavy atom. The average Bonchev–Trinajstić information content (AvgIpc) is 0.782. The van der Waals surface area contributed by atoms with E-state index < -0.39 is 0 Å². The molecule has 0 atom stereocenters. The number of nitrogens with zero attached hydrogens (tertiary/aromatic N) is 8. The van der Waals surface area contributed by atoms with Crippen LogP contribution in [0.4, 0.5) is 136 Å². The number of rotatable bonds is 24. The van der Waals surface area contributed by atoms with E-state index in [1.807, 2.05) is 0 Å². The lowest BCUT2D eigenvalue weighted by Crippen LogP contribution is -2.14. The van der Waals surface area contributed by atoms with Crippen LogP contribution in [0.25, 0.3) is 0 Å². The summed E-state index contributed by atoms with van der Waals surface area (Å²) in [4.78, 5) is 18.5. The number of benzene rings is 18. The molecule has 0 aliphatic rings. The molecule has 8 nitrogen and oxygen atoms in total. The van der Waals surface area contributed by atoms with Crippen LogP contribution in [0.3, 0.4) is 0 Å². The fourth-order valence-electron chi connectivity index (χ4n) is 15.8. The van der Waals surface area contributed by atoms with Gasteiger partial charge < -0.3 is 39.2 Å². The summed E-state index contributed by atoms with van der Waals surface area (Å²) >= 11 is 0.